The van der Waals surface area contributed by atoms with E-state index in [1.165, 1.54) is 26.2 Å². The van der Waals surface area contributed by atoms with Gasteiger partial charge in [-0.3, -0.25) is 14.4 Å². The van der Waals surface area contributed by atoms with Crippen molar-refractivity contribution in [3.05, 3.63) is 47.0 Å². The van der Waals surface area contributed by atoms with Gasteiger partial charge in [0.25, 0.3) is 5.91 Å². The number of Topliss-reactive ketones (excluding diaryl/α,β-unsaturated/α-hetero) is 2. The molecular weight excluding hydrogens is 452 g/mol. The molecule has 1 fully saturated rings. The molecule has 9 heteroatoms. The average molecular weight is 486 g/mol. The quantitative estimate of drug-likeness (QED) is 0.306. The third-order valence-corrected chi connectivity index (χ3v) is 6.27. The number of hydrogen-bond acceptors (Lipinski definition) is 7. The van der Waals surface area contributed by atoms with Crippen LogP contribution < -0.4 is 23.8 Å². The second kappa shape index (κ2) is 10.8. The number of nitrogens with zero attached hydrogens (tertiary/aromatic N) is 1. The summed E-state index contributed by atoms with van der Waals surface area (Å²) < 4.78 is 21.7. The molecule has 0 saturated carbocycles. The van der Waals surface area contributed by atoms with E-state index in [4.69, 9.17) is 18.9 Å². The maximum Gasteiger partial charge on any atom is 0.291 e. The van der Waals surface area contributed by atoms with Crippen molar-refractivity contribution in [3.63, 3.8) is 0 Å². The average Bonchev–Trinajstić information content (AvgIpc) is 3.10. The van der Waals surface area contributed by atoms with Crippen molar-refractivity contribution < 1.29 is 38.2 Å². The topological polar surface area (TPSA) is 95.8 Å². The fraction of sp³-hybridized carbons (Fsp3) is 0.423. The summed E-state index contributed by atoms with van der Waals surface area (Å²) in [6, 6.07) is 7.59. The fourth-order valence-corrected chi connectivity index (χ4v) is 4.42. The summed E-state index contributed by atoms with van der Waals surface area (Å²) in [7, 11) is 9.93. The summed E-state index contributed by atoms with van der Waals surface area (Å²) in [5, 5.41) is 0. The Morgan fingerprint density at radius 2 is 1.57 bits per heavy atom. The van der Waals surface area contributed by atoms with Crippen LogP contribution in [0.3, 0.4) is 0 Å². The Kier molecular flexibility index (Phi) is 8.01. The minimum Gasteiger partial charge on any atom is -0.497 e. The Balaban J connectivity index is 2.18. The van der Waals surface area contributed by atoms with E-state index in [9.17, 15) is 14.4 Å². The molecule has 2 aromatic rings. The molecule has 0 aromatic heterocycles. The zero-order valence-electron chi connectivity index (χ0n) is 21.3. The number of quaternary nitrogens is 1. The normalized spacial score (nSPS) is 17.7. The lowest BCUT2D eigenvalue weighted by atomic mass is 9.85. The Labute approximate surface area is 205 Å². The van der Waals surface area contributed by atoms with Crippen molar-refractivity contribution >= 4 is 17.5 Å². The lowest BCUT2D eigenvalue weighted by molar-refractivity contribution is -0.857. The lowest BCUT2D eigenvalue weighted by Crippen LogP contribution is -3.06. The van der Waals surface area contributed by atoms with Gasteiger partial charge in [-0.05, 0) is 48.4 Å². The monoisotopic (exact) mass is 485 g/mol. The number of methoxy groups -OCH3 is 4. The van der Waals surface area contributed by atoms with Gasteiger partial charge >= 0.3 is 0 Å². The van der Waals surface area contributed by atoms with Crippen LogP contribution in [0.2, 0.25) is 0 Å². The van der Waals surface area contributed by atoms with Crippen molar-refractivity contribution in [2.75, 3.05) is 55.6 Å². The van der Waals surface area contributed by atoms with E-state index in [0.717, 1.165) is 4.90 Å². The molecular formula is C26H33N2O7+. The summed E-state index contributed by atoms with van der Waals surface area (Å²) in [4.78, 5) is 42.8. The highest BCUT2D eigenvalue weighted by molar-refractivity contribution is 6.44. The van der Waals surface area contributed by atoms with Crippen LogP contribution in [-0.4, -0.2) is 78.0 Å². The minimum atomic E-state index is -1.21. The number of ether oxygens (including phenoxy) is 4. The van der Waals surface area contributed by atoms with Crippen LogP contribution in [0.1, 0.15) is 27.5 Å². The summed E-state index contributed by atoms with van der Waals surface area (Å²) in [6.07, 6.45) is 0. The van der Waals surface area contributed by atoms with E-state index in [1.807, 2.05) is 14.1 Å². The van der Waals surface area contributed by atoms with Crippen LogP contribution in [-0.2, 0) is 9.59 Å². The number of ketones is 2. The van der Waals surface area contributed by atoms with Gasteiger partial charge in [0.05, 0.1) is 61.7 Å². The lowest BCUT2D eigenvalue weighted by Gasteiger charge is -2.28. The van der Waals surface area contributed by atoms with Gasteiger partial charge in [0, 0.05) is 5.56 Å². The number of benzene rings is 2. The van der Waals surface area contributed by atoms with Gasteiger partial charge in [0.15, 0.2) is 17.3 Å². The van der Waals surface area contributed by atoms with E-state index >= 15 is 0 Å². The highest BCUT2D eigenvalue weighted by atomic mass is 16.5. The molecule has 2 aromatic carbocycles. The van der Waals surface area contributed by atoms with Gasteiger partial charge in [-0.2, -0.15) is 0 Å². The number of amides is 1. The van der Waals surface area contributed by atoms with Crippen LogP contribution in [0.5, 0.6) is 23.0 Å². The zero-order valence-corrected chi connectivity index (χ0v) is 21.3. The molecule has 1 N–H and O–H groups in total. The largest absolute Gasteiger partial charge is 0.497 e. The van der Waals surface area contributed by atoms with Gasteiger partial charge < -0.3 is 28.7 Å². The second-order valence-corrected chi connectivity index (χ2v) is 8.75. The highest BCUT2D eigenvalue weighted by Gasteiger charge is 2.52. The van der Waals surface area contributed by atoms with Crippen LogP contribution in [0.15, 0.2) is 30.3 Å². The molecule has 1 saturated heterocycles. The van der Waals surface area contributed by atoms with Crippen molar-refractivity contribution in [1.29, 1.82) is 0 Å². The van der Waals surface area contributed by atoms with E-state index < -0.39 is 29.4 Å². The van der Waals surface area contributed by atoms with Gasteiger partial charge in [-0.15, -0.1) is 0 Å². The van der Waals surface area contributed by atoms with E-state index in [2.05, 4.69) is 0 Å². The van der Waals surface area contributed by atoms with Crippen LogP contribution in [0.4, 0.5) is 0 Å². The number of carbonyl (C=O) groups is 3. The van der Waals surface area contributed by atoms with E-state index in [-0.39, 0.29) is 0 Å². The van der Waals surface area contributed by atoms with E-state index in [1.54, 1.807) is 44.4 Å². The summed E-state index contributed by atoms with van der Waals surface area (Å²) >= 11 is 0. The Bertz CT molecular complexity index is 1100. The molecule has 0 radical (unpaired) electrons. The smallest absolute Gasteiger partial charge is 0.291 e. The maximum atomic E-state index is 13.8. The first-order chi connectivity index (χ1) is 16.7. The molecule has 188 valence electrons. The van der Waals surface area contributed by atoms with Crippen molar-refractivity contribution in [3.8, 4) is 23.0 Å². The predicted octanol–water partition coefficient (Wildman–Crippen LogP) is 1.13. The number of hydrogen-bond donors (Lipinski definition) is 1. The first kappa shape index (κ1) is 26.0. The summed E-state index contributed by atoms with van der Waals surface area (Å²) in [6.45, 7) is 2.68. The number of aryl methyl sites for hydroxylation is 1. The van der Waals surface area contributed by atoms with Gasteiger partial charge in [0.1, 0.15) is 11.7 Å². The molecule has 0 aliphatic carbocycles. The first-order valence-corrected chi connectivity index (χ1v) is 11.3. The SMILES string of the molecule is COc1ccc(C(=O)C2C(=O)C(=O)N(CC[NH+](C)C)C2c2cc(OC)c(OC)c(OC)c2)c(C)c1. The summed E-state index contributed by atoms with van der Waals surface area (Å²) in [5.74, 6) is -1.29. The Hall–Kier alpha value is -3.59. The van der Waals surface area contributed by atoms with Crippen molar-refractivity contribution in [1.82, 2.24) is 4.90 Å². The van der Waals surface area contributed by atoms with E-state index in [0.29, 0.717) is 52.8 Å². The number of likely N-dealkylation sites (N-methyl/N-ethyl adjacent to an activating group) is 1. The molecule has 3 rings (SSSR count). The molecule has 35 heavy (non-hydrogen) atoms. The zero-order chi connectivity index (χ0) is 25.9. The molecule has 0 bridgehead atoms. The number of rotatable bonds is 10. The third kappa shape index (κ3) is 4.95. The second-order valence-electron chi connectivity index (χ2n) is 8.75. The Morgan fingerprint density at radius 1 is 0.943 bits per heavy atom. The standard InChI is InChI=1S/C26H32N2O7/c1-15-12-17(32-4)8-9-18(15)23(29)21-22(28(11-10-27(2)3)26(31)24(21)30)16-13-19(33-5)25(35-7)20(14-16)34-6/h8-9,12-14,21-22H,10-11H2,1-7H3/p+1. The van der Waals surface area contributed by atoms with Gasteiger partial charge in [0.2, 0.25) is 11.5 Å². The molecule has 1 amide bonds. The maximum absolute atomic E-state index is 13.8. The van der Waals surface area contributed by atoms with Crippen LogP contribution in [0.25, 0.3) is 0 Å². The minimum absolute atomic E-state index is 0.305. The number of likely N-dealkylation sites (tertiary alicyclic amines) is 1. The fourth-order valence-electron chi connectivity index (χ4n) is 4.42. The Morgan fingerprint density at radius 3 is 2.06 bits per heavy atom. The highest BCUT2D eigenvalue weighted by Crippen LogP contribution is 2.45. The molecule has 2 unspecified atom stereocenters. The molecule has 0 spiro atoms. The number of nitrogens with one attached hydrogen (secondary N) is 1. The van der Waals surface area contributed by atoms with Crippen LogP contribution >= 0.6 is 0 Å². The first-order valence-electron chi connectivity index (χ1n) is 11.3. The molecule has 2 atom stereocenters. The summed E-state index contributed by atoms with van der Waals surface area (Å²) in [5.41, 5.74) is 1.58. The number of carbonyl (C=O) groups excluding carboxylic acids is 3. The van der Waals surface area contributed by atoms with Crippen molar-refractivity contribution in [2.24, 2.45) is 5.92 Å². The predicted molar refractivity (Wildman–Crippen MR) is 129 cm³/mol. The van der Waals surface area contributed by atoms with Gasteiger partial charge in [-0.1, -0.05) is 0 Å². The third-order valence-electron chi connectivity index (χ3n) is 6.27. The molecule has 1 aliphatic heterocycles. The van der Waals surface area contributed by atoms with Crippen molar-refractivity contribution in [2.45, 2.75) is 13.0 Å². The molecule has 1 aliphatic rings. The van der Waals surface area contributed by atoms with Crippen LogP contribution in [0, 0.1) is 12.8 Å². The van der Waals surface area contributed by atoms with Gasteiger partial charge in [-0.25, -0.2) is 0 Å². The molecule has 1 heterocycles. The molecule has 9 nitrogen and oxygen atoms in total.